The summed E-state index contributed by atoms with van der Waals surface area (Å²) < 4.78 is 0. The fourth-order valence-corrected chi connectivity index (χ4v) is 3.92. The van der Waals surface area contributed by atoms with Gasteiger partial charge in [0.25, 0.3) is 0 Å². The Morgan fingerprint density at radius 2 is 1.65 bits per heavy atom. The average molecular weight is 324 g/mol. The Labute approximate surface area is 139 Å². The van der Waals surface area contributed by atoms with Gasteiger partial charge in [-0.3, -0.25) is 4.79 Å². The Hall–Kier alpha value is -1.26. The molecule has 0 radical (unpaired) electrons. The van der Waals surface area contributed by atoms with E-state index in [0.717, 1.165) is 38.8 Å². The number of hydrogen-bond donors (Lipinski definition) is 2. The third-order valence-corrected chi connectivity index (χ3v) is 5.64. The number of carbonyl (C=O) groups excluding carboxylic acids is 1. The molecule has 132 valence electrons. The van der Waals surface area contributed by atoms with E-state index in [4.69, 9.17) is 5.11 Å². The molecule has 2 rings (SSSR count). The molecule has 1 saturated carbocycles. The maximum Gasteiger partial charge on any atom is 0.317 e. The van der Waals surface area contributed by atoms with Crippen LogP contribution in [-0.4, -0.2) is 41.1 Å². The molecule has 0 aromatic rings. The average Bonchev–Trinajstić information content (AvgIpc) is 2.73. The number of carboxylic acids is 1. The highest BCUT2D eigenvalue weighted by Crippen LogP contribution is 2.34. The molecule has 5 nitrogen and oxygen atoms in total. The zero-order valence-corrected chi connectivity index (χ0v) is 14.8. The van der Waals surface area contributed by atoms with Crippen molar-refractivity contribution in [3.63, 3.8) is 0 Å². The van der Waals surface area contributed by atoms with Crippen LogP contribution in [0.2, 0.25) is 0 Å². The van der Waals surface area contributed by atoms with Crippen molar-refractivity contribution in [3.05, 3.63) is 0 Å². The molecule has 1 saturated heterocycles. The summed E-state index contributed by atoms with van der Waals surface area (Å²) in [5, 5.41) is 12.2. The summed E-state index contributed by atoms with van der Waals surface area (Å²) in [6, 6.07) is 0.179. The molecule has 1 aliphatic heterocycles. The molecule has 23 heavy (non-hydrogen) atoms. The van der Waals surface area contributed by atoms with Gasteiger partial charge in [0.05, 0.1) is 5.92 Å². The van der Waals surface area contributed by atoms with Crippen molar-refractivity contribution in [3.8, 4) is 0 Å². The molecule has 1 aliphatic carbocycles. The van der Waals surface area contributed by atoms with Gasteiger partial charge in [-0.15, -0.1) is 0 Å². The van der Waals surface area contributed by atoms with Crippen molar-refractivity contribution in [2.45, 2.75) is 71.8 Å². The summed E-state index contributed by atoms with van der Waals surface area (Å²) in [6.07, 6.45) is 6.24. The van der Waals surface area contributed by atoms with Gasteiger partial charge in [-0.05, 0) is 56.3 Å². The van der Waals surface area contributed by atoms with Gasteiger partial charge in [-0.2, -0.15) is 0 Å². The molecule has 2 aliphatic rings. The zero-order valence-electron chi connectivity index (χ0n) is 14.8. The normalized spacial score (nSPS) is 29.7. The van der Waals surface area contributed by atoms with Gasteiger partial charge in [0, 0.05) is 19.1 Å². The summed E-state index contributed by atoms with van der Waals surface area (Å²) in [7, 11) is 0. The first-order chi connectivity index (χ1) is 10.8. The lowest BCUT2D eigenvalue weighted by Gasteiger charge is -2.31. The summed E-state index contributed by atoms with van der Waals surface area (Å²) in [4.78, 5) is 25.4. The predicted octanol–water partition coefficient (Wildman–Crippen LogP) is 3.49. The van der Waals surface area contributed by atoms with Crippen molar-refractivity contribution < 1.29 is 14.7 Å². The van der Waals surface area contributed by atoms with E-state index in [1.807, 2.05) is 4.90 Å². The summed E-state index contributed by atoms with van der Waals surface area (Å²) in [6.45, 7) is 8.53. The lowest BCUT2D eigenvalue weighted by Crippen LogP contribution is -2.46. The molecular formula is C18H32N2O3. The number of rotatable bonds is 2. The molecule has 2 N–H and O–H groups in total. The Bertz CT molecular complexity index is 422. The molecule has 1 unspecified atom stereocenters. The van der Waals surface area contributed by atoms with Crippen LogP contribution in [0, 0.1) is 17.3 Å². The lowest BCUT2D eigenvalue weighted by molar-refractivity contribution is -0.142. The van der Waals surface area contributed by atoms with E-state index in [2.05, 4.69) is 26.1 Å². The van der Waals surface area contributed by atoms with E-state index in [-0.39, 0.29) is 18.0 Å². The van der Waals surface area contributed by atoms with E-state index in [9.17, 15) is 9.59 Å². The molecule has 0 spiro atoms. The number of nitrogens with one attached hydrogen (secondary N) is 1. The van der Waals surface area contributed by atoms with Crippen molar-refractivity contribution in [1.29, 1.82) is 0 Å². The molecule has 1 atom stereocenters. The lowest BCUT2D eigenvalue weighted by atomic mass is 9.77. The minimum atomic E-state index is -0.699. The monoisotopic (exact) mass is 324 g/mol. The maximum absolute atomic E-state index is 12.5. The van der Waals surface area contributed by atoms with Crippen LogP contribution < -0.4 is 5.32 Å². The van der Waals surface area contributed by atoms with Gasteiger partial charge in [0.1, 0.15) is 0 Å². The number of aliphatic carboxylic acids is 1. The van der Waals surface area contributed by atoms with E-state index in [1.54, 1.807) is 0 Å². The third-order valence-electron chi connectivity index (χ3n) is 5.64. The van der Waals surface area contributed by atoms with Gasteiger partial charge < -0.3 is 15.3 Å². The second-order valence-corrected chi connectivity index (χ2v) is 8.32. The topological polar surface area (TPSA) is 69.6 Å². The van der Waals surface area contributed by atoms with E-state index >= 15 is 0 Å². The second kappa shape index (κ2) is 7.54. The largest absolute Gasteiger partial charge is 0.481 e. The van der Waals surface area contributed by atoms with Crippen molar-refractivity contribution in [2.75, 3.05) is 13.1 Å². The van der Waals surface area contributed by atoms with Crippen LogP contribution in [0.1, 0.15) is 65.7 Å². The third kappa shape index (κ3) is 5.11. The molecule has 5 heteroatoms. The summed E-state index contributed by atoms with van der Waals surface area (Å²) in [5.41, 5.74) is 0.307. The first-order valence-corrected chi connectivity index (χ1v) is 9.05. The second-order valence-electron chi connectivity index (χ2n) is 8.32. The molecule has 0 bridgehead atoms. The Morgan fingerprint density at radius 3 is 2.22 bits per heavy atom. The minimum Gasteiger partial charge on any atom is -0.481 e. The number of nitrogens with zero attached hydrogens (tertiary/aromatic N) is 1. The number of likely N-dealkylation sites (tertiary alicyclic amines) is 1. The fraction of sp³-hybridized carbons (Fsp3) is 0.889. The van der Waals surface area contributed by atoms with Crippen LogP contribution >= 0.6 is 0 Å². The Balaban J connectivity index is 1.79. The molecule has 0 aromatic heterocycles. The van der Waals surface area contributed by atoms with Crippen LogP contribution in [0.25, 0.3) is 0 Å². The van der Waals surface area contributed by atoms with Crippen molar-refractivity contribution in [1.82, 2.24) is 10.2 Å². The molecule has 2 fully saturated rings. The minimum absolute atomic E-state index is 0.0401. The van der Waals surface area contributed by atoms with Crippen molar-refractivity contribution >= 4 is 12.0 Å². The van der Waals surface area contributed by atoms with E-state index < -0.39 is 5.97 Å². The highest BCUT2D eigenvalue weighted by molar-refractivity contribution is 5.74. The molecule has 1 heterocycles. The van der Waals surface area contributed by atoms with Gasteiger partial charge in [0.15, 0.2) is 0 Å². The highest BCUT2D eigenvalue weighted by atomic mass is 16.4. The smallest absolute Gasteiger partial charge is 0.317 e. The van der Waals surface area contributed by atoms with Crippen LogP contribution in [-0.2, 0) is 4.79 Å². The summed E-state index contributed by atoms with van der Waals surface area (Å²) in [5.74, 6) is -0.254. The van der Waals surface area contributed by atoms with Gasteiger partial charge >= 0.3 is 12.0 Å². The summed E-state index contributed by atoms with van der Waals surface area (Å²) >= 11 is 0. The molecule has 0 aromatic carbocycles. The number of amides is 2. The standard InChI is InChI=1S/C18H32N2O3/c1-18(2,3)14-5-4-11-20(12-10-14)17(23)19-15-8-6-13(7-9-15)16(21)22/h13-15H,4-12H2,1-3H3,(H,19,23)(H,21,22). The van der Waals surface area contributed by atoms with Gasteiger partial charge in [-0.25, -0.2) is 4.79 Å². The molecule has 2 amide bonds. The van der Waals surface area contributed by atoms with Crippen LogP contribution in [0.5, 0.6) is 0 Å². The van der Waals surface area contributed by atoms with E-state index in [1.165, 1.54) is 6.42 Å². The van der Waals surface area contributed by atoms with Crippen LogP contribution in [0.15, 0.2) is 0 Å². The van der Waals surface area contributed by atoms with Crippen molar-refractivity contribution in [2.24, 2.45) is 17.3 Å². The van der Waals surface area contributed by atoms with Gasteiger partial charge in [-0.1, -0.05) is 20.8 Å². The van der Waals surface area contributed by atoms with E-state index in [0.29, 0.717) is 24.2 Å². The zero-order chi connectivity index (χ0) is 17.0. The Kier molecular flexibility index (Phi) is 5.93. The first-order valence-electron chi connectivity index (χ1n) is 9.05. The maximum atomic E-state index is 12.5. The SMILES string of the molecule is CC(C)(C)C1CCCN(C(=O)NC2CCC(C(=O)O)CC2)CC1. The fourth-order valence-electron chi connectivity index (χ4n) is 3.92. The number of urea groups is 1. The number of carbonyl (C=O) groups is 2. The first kappa shape index (κ1) is 18.1. The van der Waals surface area contributed by atoms with Crippen LogP contribution in [0.4, 0.5) is 4.79 Å². The van der Waals surface area contributed by atoms with Crippen LogP contribution in [0.3, 0.4) is 0 Å². The van der Waals surface area contributed by atoms with Gasteiger partial charge in [0.2, 0.25) is 0 Å². The number of carboxylic acid groups (broad SMARTS) is 1. The quantitative estimate of drug-likeness (QED) is 0.817. The predicted molar refractivity (Wildman–Crippen MR) is 90.3 cm³/mol. The number of hydrogen-bond acceptors (Lipinski definition) is 2. The molecular weight excluding hydrogens is 292 g/mol. The Morgan fingerprint density at radius 1 is 1.00 bits per heavy atom. The highest BCUT2D eigenvalue weighted by Gasteiger charge is 2.30.